The van der Waals surface area contributed by atoms with Crippen LogP contribution in [0.5, 0.6) is 0 Å². The summed E-state index contributed by atoms with van der Waals surface area (Å²) in [6, 6.07) is 7.58. The maximum atomic E-state index is 12.2. The van der Waals surface area contributed by atoms with Gasteiger partial charge in [0.25, 0.3) is 0 Å². The average molecular weight is 321 g/mol. The number of carbonyl (C=O) groups excluding carboxylic acids is 2. The van der Waals surface area contributed by atoms with Crippen molar-refractivity contribution in [2.24, 2.45) is 0 Å². The van der Waals surface area contributed by atoms with Crippen molar-refractivity contribution in [3.05, 3.63) is 29.8 Å². The molecule has 0 heterocycles. The molecule has 0 saturated carbocycles. The Morgan fingerprint density at radius 1 is 1.26 bits per heavy atom. The Balaban J connectivity index is 2.52. The van der Waals surface area contributed by atoms with Gasteiger partial charge in [-0.05, 0) is 25.0 Å². The number of benzene rings is 1. The third-order valence-corrected chi connectivity index (χ3v) is 3.36. The highest BCUT2D eigenvalue weighted by Crippen LogP contribution is 2.12. The van der Waals surface area contributed by atoms with Crippen LogP contribution in [0.15, 0.2) is 24.3 Å². The molecule has 0 aliphatic carbocycles. The molecule has 0 unspecified atom stereocenters. The largest absolute Gasteiger partial charge is 0.383 e. The smallest absolute Gasteiger partial charge is 0.244 e. The molecule has 1 aromatic carbocycles. The first-order valence-corrected chi connectivity index (χ1v) is 7.91. The molecule has 0 fully saturated rings. The van der Waals surface area contributed by atoms with Crippen LogP contribution < -0.4 is 10.6 Å². The second kappa shape index (κ2) is 10.7. The number of nitrogens with one attached hydrogen (secondary N) is 2. The van der Waals surface area contributed by atoms with E-state index in [-0.39, 0.29) is 24.9 Å². The van der Waals surface area contributed by atoms with E-state index in [1.165, 1.54) is 0 Å². The van der Waals surface area contributed by atoms with Gasteiger partial charge in [-0.2, -0.15) is 0 Å². The predicted octanol–water partition coefficient (Wildman–Crippen LogP) is 1.41. The Labute approximate surface area is 138 Å². The van der Waals surface area contributed by atoms with E-state index in [9.17, 15) is 9.59 Å². The third-order valence-electron chi connectivity index (χ3n) is 3.36. The molecular weight excluding hydrogens is 294 g/mol. The SMILES string of the molecule is CCCN(CC(=O)Nc1ccccc1C)C(=O)CNCCOC. The summed E-state index contributed by atoms with van der Waals surface area (Å²) in [6.45, 7) is 5.91. The summed E-state index contributed by atoms with van der Waals surface area (Å²) in [5.74, 6) is -0.263. The predicted molar refractivity (Wildman–Crippen MR) is 91.4 cm³/mol. The van der Waals surface area contributed by atoms with Crippen molar-refractivity contribution in [1.29, 1.82) is 0 Å². The minimum Gasteiger partial charge on any atom is -0.383 e. The van der Waals surface area contributed by atoms with Crippen molar-refractivity contribution < 1.29 is 14.3 Å². The maximum absolute atomic E-state index is 12.2. The molecular formula is C17H27N3O3. The van der Waals surface area contributed by atoms with Crippen LogP contribution in [0.4, 0.5) is 5.69 Å². The topological polar surface area (TPSA) is 70.7 Å². The van der Waals surface area contributed by atoms with Crippen molar-refractivity contribution in [2.75, 3.05) is 45.2 Å². The van der Waals surface area contributed by atoms with E-state index in [2.05, 4.69) is 10.6 Å². The van der Waals surface area contributed by atoms with Gasteiger partial charge < -0.3 is 20.3 Å². The average Bonchev–Trinajstić information content (AvgIpc) is 2.53. The van der Waals surface area contributed by atoms with E-state index in [1.54, 1.807) is 12.0 Å². The zero-order valence-corrected chi connectivity index (χ0v) is 14.2. The minimum atomic E-state index is -0.182. The normalized spacial score (nSPS) is 10.4. The Kier molecular flexibility index (Phi) is 8.94. The Bertz CT molecular complexity index is 506. The quantitative estimate of drug-likeness (QED) is 0.639. The summed E-state index contributed by atoms with van der Waals surface area (Å²) in [4.78, 5) is 26.0. The fraction of sp³-hybridized carbons (Fsp3) is 0.529. The number of aryl methyl sites for hydroxylation is 1. The Morgan fingerprint density at radius 2 is 2.00 bits per heavy atom. The molecule has 1 aromatic rings. The van der Waals surface area contributed by atoms with Gasteiger partial charge in [0.1, 0.15) is 0 Å². The van der Waals surface area contributed by atoms with Crippen LogP contribution in [0.25, 0.3) is 0 Å². The molecule has 0 aliphatic rings. The number of hydrogen-bond donors (Lipinski definition) is 2. The highest BCUT2D eigenvalue weighted by atomic mass is 16.5. The first-order chi connectivity index (χ1) is 11.1. The van der Waals surface area contributed by atoms with Crippen LogP contribution in [-0.2, 0) is 14.3 Å². The molecule has 0 saturated heterocycles. The lowest BCUT2D eigenvalue weighted by atomic mass is 10.2. The van der Waals surface area contributed by atoms with Crippen LogP contribution >= 0.6 is 0 Å². The van der Waals surface area contributed by atoms with Gasteiger partial charge in [0, 0.05) is 25.9 Å². The maximum Gasteiger partial charge on any atom is 0.244 e. The second-order valence-electron chi connectivity index (χ2n) is 5.35. The minimum absolute atomic E-state index is 0.0625. The van der Waals surface area contributed by atoms with Gasteiger partial charge >= 0.3 is 0 Å². The van der Waals surface area contributed by atoms with Crippen molar-refractivity contribution in [3.63, 3.8) is 0 Å². The lowest BCUT2D eigenvalue weighted by Gasteiger charge is -2.22. The fourth-order valence-corrected chi connectivity index (χ4v) is 2.12. The number of rotatable bonds is 10. The van der Waals surface area contributed by atoms with Gasteiger partial charge in [0.2, 0.25) is 11.8 Å². The first-order valence-electron chi connectivity index (χ1n) is 7.91. The van der Waals surface area contributed by atoms with Crippen molar-refractivity contribution in [3.8, 4) is 0 Å². The molecule has 0 atom stereocenters. The molecule has 6 nitrogen and oxygen atoms in total. The van der Waals surface area contributed by atoms with E-state index in [4.69, 9.17) is 4.74 Å². The van der Waals surface area contributed by atoms with E-state index in [1.807, 2.05) is 38.1 Å². The molecule has 2 amide bonds. The molecule has 0 spiro atoms. The summed E-state index contributed by atoms with van der Waals surface area (Å²) in [6.07, 6.45) is 0.807. The highest BCUT2D eigenvalue weighted by Gasteiger charge is 2.16. The molecule has 0 aliphatic heterocycles. The highest BCUT2D eigenvalue weighted by molar-refractivity contribution is 5.95. The zero-order valence-electron chi connectivity index (χ0n) is 14.2. The van der Waals surface area contributed by atoms with Gasteiger partial charge in [0.05, 0.1) is 19.7 Å². The van der Waals surface area contributed by atoms with Crippen LogP contribution in [0, 0.1) is 6.92 Å². The Hall–Kier alpha value is -1.92. The van der Waals surface area contributed by atoms with Gasteiger partial charge in [-0.1, -0.05) is 25.1 Å². The van der Waals surface area contributed by atoms with Gasteiger partial charge in [-0.15, -0.1) is 0 Å². The van der Waals surface area contributed by atoms with Gasteiger partial charge in [-0.25, -0.2) is 0 Å². The van der Waals surface area contributed by atoms with E-state index in [0.29, 0.717) is 19.7 Å². The molecule has 23 heavy (non-hydrogen) atoms. The van der Waals surface area contributed by atoms with Gasteiger partial charge in [-0.3, -0.25) is 9.59 Å². The van der Waals surface area contributed by atoms with Gasteiger partial charge in [0.15, 0.2) is 0 Å². The second-order valence-corrected chi connectivity index (χ2v) is 5.35. The zero-order chi connectivity index (χ0) is 17.1. The number of carbonyl (C=O) groups is 2. The summed E-state index contributed by atoms with van der Waals surface area (Å²) in [5, 5.41) is 5.87. The Morgan fingerprint density at radius 3 is 2.65 bits per heavy atom. The fourth-order valence-electron chi connectivity index (χ4n) is 2.12. The van der Waals surface area contributed by atoms with Crippen molar-refractivity contribution >= 4 is 17.5 Å². The number of methoxy groups -OCH3 is 1. The van der Waals surface area contributed by atoms with Crippen LogP contribution in [0.3, 0.4) is 0 Å². The number of anilines is 1. The standard InChI is InChI=1S/C17H27N3O3/c1-4-10-20(17(22)12-18-9-11-23-3)13-16(21)19-15-8-6-5-7-14(15)2/h5-8,18H,4,9-13H2,1-3H3,(H,19,21). The molecule has 2 N–H and O–H groups in total. The summed E-state index contributed by atoms with van der Waals surface area (Å²) in [5.41, 5.74) is 1.77. The molecule has 0 bridgehead atoms. The number of nitrogens with zero attached hydrogens (tertiary/aromatic N) is 1. The summed E-state index contributed by atoms with van der Waals surface area (Å²) in [7, 11) is 1.61. The monoisotopic (exact) mass is 321 g/mol. The lowest BCUT2D eigenvalue weighted by molar-refractivity contribution is -0.133. The van der Waals surface area contributed by atoms with E-state index in [0.717, 1.165) is 17.7 Å². The van der Waals surface area contributed by atoms with Crippen LogP contribution in [0.2, 0.25) is 0 Å². The lowest BCUT2D eigenvalue weighted by Crippen LogP contribution is -2.43. The third kappa shape index (κ3) is 7.25. The number of para-hydroxylation sites is 1. The summed E-state index contributed by atoms with van der Waals surface area (Å²) >= 11 is 0. The number of ether oxygens (including phenoxy) is 1. The van der Waals surface area contributed by atoms with E-state index < -0.39 is 0 Å². The number of amides is 2. The first kappa shape index (κ1) is 19.1. The molecule has 0 aromatic heterocycles. The molecule has 0 radical (unpaired) electrons. The van der Waals surface area contributed by atoms with E-state index >= 15 is 0 Å². The van der Waals surface area contributed by atoms with Crippen LogP contribution in [-0.4, -0.2) is 56.6 Å². The van der Waals surface area contributed by atoms with Crippen molar-refractivity contribution in [1.82, 2.24) is 10.2 Å². The van der Waals surface area contributed by atoms with Crippen LogP contribution in [0.1, 0.15) is 18.9 Å². The molecule has 128 valence electrons. The molecule has 1 rings (SSSR count). The molecule has 6 heteroatoms. The van der Waals surface area contributed by atoms with Crippen molar-refractivity contribution in [2.45, 2.75) is 20.3 Å². The summed E-state index contributed by atoms with van der Waals surface area (Å²) < 4.78 is 4.92. The number of hydrogen-bond acceptors (Lipinski definition) is 4.